The largest absolute Gasteiger partial charge is 0.422 e. The van der Waals surface area contributed by atoms with Crippen molar-refractivity contribution in [2.24, 2.45) is 0 Å². The lowest BCUT2D eigenvalue weighted by atomic mass is 10.0. The van der Waals surface area contributed by atoms with Crippen LogP contribution in [0.15, 0.2) is 109 Å². The van der Waals surface area contributed by atoms with Crippen LogP contribution in [0.2, 0.25) is 5.02 Å². The molecular weight excluding hydrogens is 420 g/mol. The number of para-hydroxylation sites is 1. The van der Waals surface area contributed by atoms with E-state index in [1.54, 1.807) is 48.5 Å². The van der Waals surface area contributed by atoms with Crippen LogP contribution >= 0.6 is 11.6 Å². The Morgan fingerprint density at radius 2 is 1.25 bits per heavy atom. The number of ketones is 1. The van der Waals surface area contributed by atoms with Crippen LogP contribution < -0.4 is 4.74 Å². The van der Waals surface area contributed by atoms with Crippen LogP contribution in [-0.4, -0.2) is 11.8 Å². The van der Waals surface area contributed by atoms with Gasteiger partial charge < -0.3 is 4.74 Å². The molecule has 0 spiro atoms. The first kappa shape index (κ1) is 21.3. The number of hydrogen-bond donors (Lipinski definition) is 0. The monoisotopic (exact) mass is 438 g/mol. The van der Waals surface area contributed by atoms with Crippen molar-refractivity contribution in [1.29, 1.82) is 0 Å². The fourth-order valence-corrected chi connectivity index (χ4v) is 3.30. The third kappa shape index (κ3) is 5.20. The second kappa shape index (κ2) is 9.90. The van der Waals surface area contributed by atoms with Crippen LogP contribution in [0.5, 0.6) is 5.75 Å². The molecule has 0 saturated heterocycles. The summed E-state index contributed by atoms with van der Waals surface area (Å²) in [5.74, 6) is -0.260. The Bertz CT molecular complexity index is 1260. The van der Waals surface area contributed by atoms with Gasteiger partial charge in [0.25, 0.3) is 0 Å². The number of halogens is 1. The molecule has 0 aliphatic heterocycles. The van der Waals surface area contributed by atoms with E-state index in [-0.39, 0.29) is 5.78 Å². The summed E-state index contributed by atoms with van der Waals surface area (Å²) in [5.41, 5.74) is 3.74. The summed E-state index contributed by atoms with van der Waals surface area (Å²) in [7, 11) is 0. The summed E-state index contributed by atoms with van der Waals surface area (Å²) >= 11 is 5.87. The molecular formula is C28H19ClO3. The Kier molecular flexibility index (Phi) is 6.59. The summed E-state index contributed by atoms with van der Waals surface area (Å²) in [4.78, 5) is 25.1. The molecule has 4 aromatic carbocycles. The molecule has 0 heterocycles. The van der Waals surface area contributed by atoms with Gasteiger partial charge in [-0.25, -0.2) is 4.79 Å². The highest BCUT2D eigenvalue weighted by Gasteiger charge is 2.11. The van der Waals surface area contributed by atoms with Crippen LogP contribution in [0.3, 0.4) is 0 Å². The van der Waals surface area contributed by atoms with E-state index in [1.807, 2.05) is 60.7 Å². The second-order valence-electron chi connectivity index (χ2n) is 7.08. The van der Waals surface area contributed by atoms with Gasteiger partial charge in [-0.05, 0) is 53.6 Å². The Labute approximate surface area is 191 Å². The van der Waals surface area contributed by atoms with Gasteiger partial charge in [0.1, 0.15) is 5.75 Å². The molecule has 3 nitrogen and oxygen atoms in total. The van der Waals surface area contributed by atoms with Gasteiger partial charge in [0.15, 0.2) is 5.78 Å². The molecule has 0 amide bonds. The minimum absolute atomic E-state index is 0.136. The highest BCUT2D eigenvalue weighted by molar-refractivity contribution is 6.30. The maximum absolute atomic E-state index is 12.6. The molecule has 0 bridgehead atoms. The zero-order valence-corrected chi connectivity index (χ0v) is 17.8. The number of allylic oxidation sites excluding steroid dienone is 1. The first-order valence-corrected chi connectivity index (χ1v) is 10.4. The number of ether oxygens (including phenoxy) is 1. The van der Waals surface area contributed by atoms with Crippen LogP contribution in [0.4, 0.5) is 0 Å². The zero-order valence-electron chi connectivity index (χ0n) is 17.1. The summed E-state index contributed by atoms with van der Waals surface area (Å²) in [6.45, 7) is 0. The summed E-state index contributed by atoms with van der Waals surface area (Å²) in [6.07, 6.45) is 3.13. The van der Waals surface area contributed by atoms with E-state index in [4.69, 9.17) is 16.3 Å². The average molecular weight is 439 g/mol. The van der Waals surface area contributed by atoms with Crippen LogP contribution in [0.1, 0.15) is 26.3 Å². The molecule has 0 aliphatic rings. The van der Waals surface area contributed by atoms with Crippen LogP contribution in [-0.2, 0) is 0 Å². The first-order valence-electron chi connectivity index (χ1n) is 10.0. The van der Waals surface area contributed by atoms with E-state index in [0.717, 1.165) is 11.1 Å². The van der Waals surface area contributed by atoms with Gasteiger partial charge in [0.05, 0.1) is 5.56 Å². The summed E-state index contributed by atoms with van der Waals surface area (Å²) in [6, 6.07) is 31.0. The molecule has 4 aromatic rings. The highest BCUT2D eigenvalue weighted by Crippen LogP contribution is 2.23. The third-order valence-electron chi connectivity index (χ3n) is 4.89. The molecule has 32 heavy (non-hydrogen) atoms. The van der Waals surface area contributed by atoms with Gasteiger partial charge in [0, 0.05) is 16.1 Å². The van der Waals surface area contributed by atoms with Gasteiger partial charge in [-0.1, -0.05) is 84.4 Å². The standard InChI is InChI=1S/C28H19ClO3/c29-25-17-14-24(15-18-25)28(31)32-27-9-5-4-8-23(27)16-19-26(30)22-12-10-21(11-13-22)20-6-2-1-3-7-20/h1-19H/b19-16+. The highest BCUT2D eigenvalue weighted by atomic mass is 35.5. The lowest BCUT2D eigenvalue weighted by Gasteiger charge is -2.07. The van der Waals surface area contributed by atoms with Crippen molar-refractivity contribution in [1.82, 2.24) is 0 Å². The van der Waals surface area contributed by atoms with Crippen LogP contribution in [0.25, 0.3) is 17.2 Å². The Morgan fingerprint density at radius 1 is 0.656 bits per heavy atom. The van der Waals surface area contributed by atoms with E-state index in [9.17, 15) is 9.59 Å². The second-order valence-corrected chi connectivity index (χ2v) is 7.51. The van der Waals surface area contributed by atoms with Crippen molar-refractivity contribution in [2.45, 2.75) is 0 Å². The topological polar surface area (TPSA) is 43.4 Å². The molecule has 0 aliphatic carbocycles. The number of esters is 1. The maximum atomic E-state index is 12.6. The molecule has 156 valence electrons. The lowest BCUT2D eigenvalue weighted by Crippen LogP contribution is -2.09. The van der Waals surface area contributed by atoms with Crippen molar-refractivity contribution < 1.29 is 14.3 Å². The number of rotatable bonds is 6. The molecule has 0 fully saturated rings. The van der Waals surface area contributed by atoms with Gasteiger partial charge in [0.2, 0.25) is 0 Å². The molecule has 4 heteroatoms. The predicted molar refractivity (Wildman–Crippen MR) is 128 cm³/mol. The van der Waals surface area contributed by atoms with E-state index in [1.165, 1.54) is 6.08 Å². The number of benzene rings is 4. The SMILES string of the molecule is O=C(/C=C/c1ccccc1OC(=O)c1ccc(Cl)cc1)c1ccc(-c2ccccc2)cc1. The molecule has 4 rings (SSSR count). The first-order chi connectivity index (χ1) is 15.6. The van der Waals surface area contributed by atoms with Crippen molar-refractivity contribution >= 4 is 29.4 Å². The van der Waals surface area contributed by atoms with Crippen molar-refractivity contribution in [3.63, 3.8) is 0 Å². The minimum Gasteiger partial charge on any atom is -0.422 e. The van der Waals surface area contributed by atoms with Gasteiger partial charge in [-0.15, -0.1) is 0 Å². The molecule has 0 aromatic heterocycles. The quantitative estimate of drug-likeness (QED) is 0.139. The fraction of sp³-hybridized carbons (Fsp3) is 0. The zero-order chi connectivity index (χ0) is 22.3. The van der Waals surface area contributed by atoms with Gasteiger partial charge in [-0.2, -0.15) is 0 Å². The van der Waals surface area contributed by atoms with E-state index in [0.29, 0.717) is 27.5 Å². The molecule has 0 saturated carbocycles. The molecule has 0 N–H and O–H groups in total. The van der Waals surface area contributed by atoms with Gasteiger partial charge in [-0.3, -0.25) is 4.79 Å². The maximum Gasteiger partial charge on any atom is 0.343 e. The Morgan fingerprint density at radius 3 is 1.97 bits per heavy atom. The van der Waals surface area contributed by atoms with Gasteiger partial charge >= 0.3 is 5.97 Å². The van der Waals surface area contributed by atoms with Crippen molar-refractivity contribution in [3.8, 4) is 16.9 Å². The summed E-state index contributed by atoms with van der Waals surface area (Å²) < 4.78 is 5.53. The third-order valence-corrected chi connectivity index (χ3v) is 5.14. The normalized spacial score (nSPS) is 10.8. The number of carbonyl (C=O) groups is 2. The Hall–Kier alpha value is -3.95. The molecule has 0 radical (unpaired) electrons. The molecule has 0 atom stereocenters. The van der Waals surface area contributed by atoms with E-state index >= 15 is 0 Å². The number of hydrogen-bond acceptors (Lipinski definition) is 3. The minimum atomic E-state index is -0.495. The predicted octanol–water partition coefficient (Wildman–Crippen LogP) is 7.12. The fourth-order valence-electron chi connectivity index (χ4n) is 3.18. The van der Waals surface area contributed by atoms with Crippen molar-refractivity contribution in [3.05, 3.63) is 131 Å². The Balaban J connectivity index is 1.48. The summed E-state index contributed by atoms with van der Waals surface area (Å²) in [5, 5.41) is 0.542. The lowest BCUT2D eigenvalue weighted by molar-refractivity contribution is 0.0734. The van der Waals surface area contributed by atoms with Crippen molar-refractivity contribution in [2.75, 3.05) is 0 Å². The average Bonchev–Trinajstić information content (AvgIpc) is 2.84. The van der Waals surface area contributed by atoms with Crippen LogP contribution in [0, 0.1) is 0 Å². The molecule has 0 unspecified atom stereocenters. The smallest absolute Gasteiger partial charge is 0.343 e. The van der Waals surface area contributed by atoms with E-state index < -0.39 is 5.97 Å². The number of carbonyl (C=O) groups excluding carboxylic acids is 2. The van der Waals surface area contributed by atoms with E-state index in [2.05, 4.69) is 0 Å².